The third kappa shape index (κ3) is 4.05. The summed E-state index contributed by atoms with van der Waals surface area (Å²) in [5, 5.41) is 0. The maximum atomic E-state index is 13.2. The normalized spacial score (nSPS) is 12.2. The molecule has 2 aromatic rings. The monoisotopic (exact) mass is 275 g/mol. The Bertz CT molecular complexity index is 543. The van der Waals surface area contributed by atoms with Crippen LogP contribution in [0.4, 0.5) is 4.39 Å². The van der Waals surface area contributed by atoms with E-state index in [1.54, 1.807) is 13.0 Å². The van der Waals surface area contributed by atoms with Crippen LogP contribution < -0.4 is 10.5 Å². The number of halogens is 1. The highest BCUT2D eigenvalue weighted by molar-refractivity contribution is 5.35. The fraction of sp³-hybridized carbons (Fsp3) is 0.250. The van der Waals surface area contributed by atoms with Crippen molar-refractivity contribution in [2.24, 2.45) is 5.73 Å². The van der Waals surface area contributed by atoms with Gasteiger partial charge in [0.05, 0.1) is 6.61 Å². The van der Waals surface area contributed by atoms with Gasteiger partial charge in [0.1, 0.15) is 11.6 Å². The molecule has 0 saturated carbocycles. The molecule has 0 aliphatic heterocycles. The molecule has 0 amide bonds. The molecular formula is C16H18FNO2. The van der Waals surface area contributed by atoms with Crippen molar-refractivity contribution >= 4 is 0 Å². The van der Waals surface area contributed by atoms with Crippen molar-refractivity contribution in [2.45, 2.75) is 19.6 Å². The van der Waals surface area contributed by atoms with Gasteiger partial charge in [0.2, 0.25) is 0 Å². The zero-order valence-electron chi connectivity index (χ0n) is 11.4. The number of nitrogens with two attached hydrogens (primary N) is 1. The largest absolute Gasteiger partial charge is 0.467 e. The van der Waals surface area contributed by atoms with Crippen LogP contribution in [0.5, 0.6) is 5.75 Å². The van der Waals surface area contributed by atoms with Gasteiger partial charge in [-0.15, -0.1) is 0 Å². The maximum absolute atomic E-state index is 13.2. The van der Waals surface area contributed by atoms with Crippen LogP contribution in [0, 0.1) is 5.82 Å². The Balaban J connectivity index is 1.88. The first-order chi connectivity index (χ1) is 9.66. The molecule has 0 aromatic heterocycles. The smallest absolute Gasteiger partial charge is 0.189 e. The molecule has 0 unspecified atom stereocenters. The van der Waals surface area contributed by atoms with E-state index in [1.807, 2.05) is 30.3 Å². The molecule has 3 nitrogen and oxygen atoms in total. The van der Waals surface area contributed by atoms with Crippen LogP contribution >= 0.6 is 0 Å². The predicted molar refractivity (Wildman–Crippen MR) is 75.7 cm³/mol. The Morgan fingerprint density at radius 3 is 2.60 bits per heavy atom. The van der Waals surface area contributed by atoms with Crippen molar-refractivity contribution in [3.8, 4) is 5.75 Å². The topological polar surface area (TPSA) is 44.5 Å². The van der Waals surface area contributed by atoms with E-state index in [9.17, 15) is 4.39 Å². The summed E-state index contributed by atoms with van der Waals surface area (Å²) in [7, 11) is 0. The van der Waals surface area contributed by atoms with Crippen molar-refractivity contribution in [2.75, 3.05) is 6.79 Å². The van der Waals surface area contributed by atoms with Gasteiger partial charge in [0.25, 0.3) is 0 Å². The molecule has 0 fully saturated rings. The summed E-state index contributed by atoms with van der Waals surface area (Å²) in [6, 6.07) is 13.8. The minimum Gasteiger partial charge on any atom is -0.467 e. The number of rotatable bonds is 6. The second kappa shape index (κ2) is 7.03. The van der Waals surface area contributed by atoms with E-state index in [0.717, 1.165) is 5.56 Å². The highest BCUT2D eigenvalue weighted by Gasteiger charge is 2.09. The van der Waals surface area contributed by atoms with Crippen LogP contribution in [0.25, 0.3) is 0 Å². The Morgan fingerprint density at radius 1 is 1.15 bits per heavy atom. The summed E-state index contributed by atoms with van der Waals surface area (Å²) < 4.78 is 24.1. The molecule has 0 bridgehead atoms. The molecule has 4 heteroatoms. The van der Waals surface area contributed by atoms with E-state index in [1.165, 1.54) is 12.1 Å². The number of hydrogen-bond acceptors (Lipinski definition) is 3. The molecule has 0 aliphatic carbocycles. The average molecular weight is 275 g/mol. The summed E-state index contributed by atoms with van der Waals surface area (Å²) in [6.07, 6.45) is 0. The first kappa shape index (κ1) is 14.5. The van der Waals surface area contributed by atoms with Crippen molar-refractivity contribution in [3.63, 3.8) is 0 Å². The molecule has 2 rings (SSSR count). The lowest BCUT2D eigenvalue weighted by atomic mass is 10.1. The van der Waals surface area contributed by atoms with Gasteiger partial charge in [-0.25, -0.2) is 4.39 Å². The van der Waals surface area contributed by atoms with Crippen molar-refractivity contribution in [1.82, 2.24) is 0 Å². The quantitative estimate of drug-likeness (QED) is 0.649. The van der Waals surface area contributed by atoms with Gasteiger partial charge in [-0.1, -0.05) is 30.3 Å². The molecule has 20 heavy (non-hydrogen) atoms. The Kier molecular flexibility index (Phi) is 5.09. The van der Waals surface area contributed by atoms with Crippen LogP contribution in [-0.4, -0.2) is 6.79 Å². The molecule has 2 aromatic carbocycles. The lowest BCUT2D eigenvalue weighted by Gasteiger charge is -2.14. The first-order valence-electron chi connectivity index (χ1n) is 6.46. The minimum atomic E-state index is -0.324. The van der Waals surface area contributed by atoms with Gasteiger partial charge < -0.3 is 15.2 Å². The lowest BCUT2D eigenvalue weighted by molar-refractivity contribution is 0.00436. The maximum Gasteiger partial charge on any atom is 0.189 e. The van der Waals surface area contributed by atoms with Gasteiger partial charge in [-0.05, 0) is 30.7 Å². The fourth-order valence-electron chi connectivity index (χ4n) is 1.85. The van der Waals surface area contributed by atoms with Gasteiger partial charge in [-0.3, -0.25) is 0 Å². The van der Waals surface area contributed by atoms with E-state index in [2.05, 4.69) is 0 Å². The molecular weight excluding hydrogens is 257 g/mol. The van der Waals surface area contributed by atoms with Gasteiger partial charge in [0.15, 0.2) is 6.79 Å². The van der Waals surface area contributed by atoms with Crippen LogP contribution in [0.2, 0.25) is 0 Å². The third-order valence-corrected chi connectivity index (χ3v) is 2.87. The van der Waals surface area contributed by atoms with Crippen LogP contribution in [0.15, 0.2) is 48.5 Å². The SMILES string of the molecule is C[C@H](N)c1cc(F)ccc1OCOCc1ccccc1. The van der Waals surface area contributed by atoms with Crippen LogP contribution in [0.1, 0.15) is 24.1 Å². The van der Waals surface area contributed by atoms with Gasteiger partial charge >= 0.3 is 0 Å². The minimum absolute atomic E-state index is 0.0975. The van der Waals surface area contributed by atoms with E-state index < -0.39 is 0 Å². The van der Waals surface area contributed by atoms with Crippen LogP contribution in [0.3, 0.4) is 0 Å². The van der Waals surface area contributed by atoms with Crippen LogP contribution in [-0.2, 0) is 11.3 Å². The molecule has 0 heterocycles. The molecule has 0 spiro atoms. The molecule has 0 saturated heterocycles. The second-order valence-electron chi connectivity index (χ2n) is 4.57. The van der Waals surface area contributed by atoms with Gasteiger partial charge in [-0.2, -0.15) is 0 Å². The Labute approximate surface area is 118 Å². The summed E-state index contributed by atoms with van der Waals surface area (Å²) >= 11 is 0. The van der Waals surface area contributed by atoms with Crippen molar-refractivity contribution in [1.29, 1.82) is 0 Å². The first-order valence-corrected chi connectivity index (χ1v) is 6.46. The molecule has 2 N–H and O–H groups in total. The number of benzene rings is 2. The predicted octanol–water partition coefficient (Wildman–Crippen LogP) is 3.40. The molecule has 0 aliphatic rings. The summed E-state index contributed by atoms with van der Waals surface area (Å²) in [6.45, 7) is 2.35. The van der Waals surface area contributed by atoms with Crippen molar-refractivity contribution < 1.29 is 13.9 Å². The fourth-order valence-corrected chi connectivity index (χ4v) is 1.85. The standard InChI is InChI=1S/C16H18FNO2/c1-12(18)15-9-14(17)7-8-16(15)20-11-19-10-13-5-3-2-4-6-13/h2-9,12H,10-11,18H2,1H3/t12-/m0/s1. The summed E-state index contributed by atoms with van der Waals surface area (Å²) in [5.41, 5.74) is 7.50. The van der Waals surface area contributed by atoms with E-state index in [0.29, 0.717) is 17.9 Å². The van der Waals surface area contributed by atoms with Gasteiger partial charge in [0, 0.05) is 11.6 Å². The highest BCUT2D eigenvalue weighted by Crippen LogP contribution is 2.24. The third-order valence-electron chi connectivity index (χ3n) is 2.87. The molecule has 0 radical (unpaired) electrons. The summed E-state index contributed by atoms with van der Waals surface area (Å²) in [4.78, 5) is 0. The van der Waals surface area contributed by atoms with E-state index >= 15 is 0 Å². The van der Waals surface area contributed by atoms with E-state index in [-0.39, 0.29) is 18.7 Å². The lowest BCUT2D eigenvalue weighted by Crippen LogP contribution is -2.10. The number of hydrogen-bond donors (Lipinski definition) is 1. The second-order valence-corrected chi connectivity index (χ2v) is 4.57. The Morgan fingerprint density at radius 2 is 1.90 bits per heavy atom. The summed E-state index contributed by atoms with van der Waals surface area (Å²) in [5.74, 6) is 0.226. The highest BCUT2D eigenvalue weighted by atomic mass is 19.1. The zero-order chi connectivity index (χ0) is 14.4. The number of ether oxygens (including phenoxy) is 2. The molecule has 106 valence electrons. The Hall–Kier alpha value is -1.91. The average Bonchev–Trinajstić information content (AvgIpc) is 2.45. The molecule has 1 atom stereocenters. The zero-order valence-corrected chi connectivity index (χ0v) is 11.4. The van der Waals surface area contributed by atoms with Crippen molar-refractivity contribution in [3.05, 3.63) is 65.5 Å². The van der Waals surface area contributed by atoms with E-state index in [4.69, 9.17) is 15.2 Å².